The minimum atomic E-state index is 0.546. The molecule has 1 fully saturated rings. The molecule has 0 aromatic carbocycles. The van der Waals surface area contributed by atoms with Gasteiger partial charge in [-0.15, -0.1) is 0 Å². The van der Waals surface area contributed by atoms with Crippen LogP contribution in [0.2, 0.25) is 0 Å². The lowest BCUT2D eigenvalue weighted by Gasteiger charge is -2.29. The number of hydrogen-bond acceptors (Lipinski definition) is 3. The summed E-state index contributed by atoms with van der Waals surface area (Å²) in [6.45, 7) is 6.79. The molecule has 1 N–H and O–H groups in total. The number of hydrogen-bond donors (Lipinski definition) is 1. The summed E-state index contributed by atoms with van der Waals surface area (Å²) in [6.07, 6.45) is 8.10. The molecule has 1 rings (SSSR count). The first-order valence-electron chi connectivity index (χ1n) is 7.10. The van der Waals surface area contributed by atoms with E-state index in [2.05, 4.69) is 12.2 Å². The second kappa shape index (κ2) is 8.90. The molecule has 0 saturated heterocycles. The molecule has 3 nitrogen and oxygen atoms in total. The van der Waals surface area contributed by atoms with Crippen molar-refractivity contribution in [1.82, 2.24) is 5.32 Å². The van der Waals surface area contributed by atoms with Crippen LogP contribution in [0.25, 0.3) is 0 Å². The molecule has 0 bridgehead atoms. The maximum Gasteiger partial charge on any atom is 0.0587 e. The van der Waals surface area contributed by atoms with Gasteiger partial charge in [-0.25, -0.2) is 0 Å². The summed E-state index contributed by atoms with van der Waals surface area (Å²) in [5.41, 5.74) is 0.546. The molecule has 0 heterocycles. The molecule has 0 spiro atoms. The number of nitrogens with one attached hydrogen (secondary N) is 1. The molecular formula is C14H29NO2. The first kappa shape index (κ1) is 14.9. The first-order chi connectivity index (χ1) is 8.33. The van der Waals surface area contributed by atoms with Crippen molar-refractivity contribution in [2.45, 2.75) is 45.4 Å². The van der Waals surface area contributed by atoms with Crippen LogP contribution >= 0.6 is 0 Å². The van der Waals surface area contributed by atoms with Crippen LogP contribution in [0, 0.1) is 5.41 Å². The molecule has 3 heteroatoms. The molecule has 0 radical (unpaired) electrons. The Balaban J connectivity index is 2.19. The quantitative estimate of drug-likeness (QED) is 0.598. The van der Waals surface area contributed by atoms with Crippen molar-refractivity contribution >= 4 is 0 Å². The molecule has 17 heavy (non-hydrogen) atoms. The molecule has 0 atom stereocenters. The Hall–Kier alpha value is -0.120. The summed E-state index contributed by atoms with van der Waals surface area (Å²) in [4.78, 5) is 0. The van der Waals surface area contributed by atoms with Crippen molar-refractivity contribution in [2.75, 3.05) is 40.0 Å². The van der Waals surface area contributed by atoms with Crippen LogP contribution < -0.4 is 5.32 Å². The highest BCUT2D eigenvalue weighted by Crippen LogP contribution is 2.41. The summed E-state index contributed by atoms with van der Waals surface area (Å²) in [5.74, 6) is 0. The zero-order valence-electron chi connectivity index (χ0n) is 11.6. The molecule has 0 unspecified atom stereocenters. The predicted octanol–water partition coefficient (Wildman–Crippen LogP) is 2.60. The summed E-state index contributed by atoms with van der Waals surface area (Å²) in [7, 11) is 1.76. The summed E-state index contributed by atoms with van der Waals surface area (Å²) in [5, 5.41) is 3.54. The van der Waals surface area contributed by atoms with E-state index in [-0.39, 0.29) is 0 Å². The Kier molecular flexibility index (Phi) is 7.82. The Morgan fingerprint density at radius 2 is 1.94 bits per heavy atom. The monoisotopic (exact) mass is 243 g/mol. The van der Waals surface area contributed by atoms with Gasteiger partial charge in [-0.05, 0) is 38.0 Å². The van der Waals surface area contributed by atoms with E-state index in [1.807, 2.05) is 0 Å². The van der Waals surface area contributed by atoms with Crippen LogP contribution in [0.1, 0.15) is 45.4 Å². The summed E-state index contributed by atoms with van der Waals surface area (Å²) >= 11 is 0. The maximum absolute atomic E-state index is 5.44. The number of methoxy groups -OCH3 is 1. The van der Waals surface area contributed by atoms with E-state index in [1.54, 1.807) is 7.11 Å². The van der Waals surface area contributed by atoms with Crippen LogP contribution in [0.3, 0.4) is 0 Å². The van der Waals surface area contributed by atoms with Gasteiger partial charge >= 0.3 is 0 Å². The van der Waals surface area contributed by atoms with Crippen molar-refractivity contribution < 1.29 is 9.47 Å². The van der Waals surface area contributed by atoms with E-state index < -0.39 is 0 Å². The minimum Gasteiger partial charge on any atom is -0.383 e. The molecule has 1 saturated carbocycles. The van der Waals surface area contributed by atoms with Gasteiger partial charge in [0, 0.05) is 33.4 Å². The third kappa shape index (κ3) is 5.84. The fraction of sp³-hybridized carbons (Fsp3) is 1.00. The third-order valence-corrected chi connectivity index (χ3v) is 3.85. The van der Waals surface area contributed by atoms with E-state index in [9.17, 15) is 0 Å². The maximum atomic E-state index is 5.44. The topological polar surface area (TPSA) is 30.5 Å². The zero-order valence-corrected chi connectivity index (χ0v) is 11.6. The van der Waals surface area contributed by atoms with Crippen molar-refractivity contribution in [3.63, 3.8) is 0 Å². The van der Waals surface area contributed by atoms with E-state index in [1.165, 1.54) is 38.5 Å². The molecule has 102 valence electrons. The van der Waals surface area contributed by atoms with Crippen LogP contribution in [-0.4, -0.2) is 40.0 Å². The van der Waals surface area contributed by atoms with Gasteiger partial charge in [0.25, 0.3) is 0 Å². The SMILES string of the molecule is CCOCCCC1(CNCCOC)CCCC1. The Morgan fingerprint density at radius 3 is 2.59 bits per heavy atom. The highest BCUT2D eigenvalue weighted by Gasteiger charge is 2.32. The lowest BCUT2D eigenvalue weighted by Crippen LogP contribution is -2.34. The second-order valence-corrected chi connectivity index (χ2v) is 5.18. The first-order valence-corrected chi connectivity index (χ1v) is 7.10. The lowest BCUT2D eigenvalue weighted by molar-refractivity contribution is 0.125. The van der Waals surface area contributed by atoms with Gasteiger partial charge in [-0.2, -0.15) is 0 Å². The van der Waals surface area contributed by atoms with Gasteiger partial charge < -0.3 is 14.8 Å². The molecule has 0 aliphatic heterocycles. The van der Waals surface area contributed by atoms with Gasteiger partial charge in [0.1, 0.15) is 0 Å². The van der Waals surface area contributed by atoms with Crippen LogP contribution in [-0.2, 0) is 9.47 Å². The average molecular weight is 243 g/mol. The number of ether oxygens (including phenoxy) is 2. The standard InChI is InChI=1S/C14H29NO2/c1-3-17-11-6-9-14(7-4-5-8-14)13-15-10-12-16-2/h15H,3-13H2,1-2H3. The second-order valence-electron chi connectivity index (χ2n) is 5.18. The third-order valence-electron chi connectivity index (χ3n) is 3.85. The minimum absolute atomic E-state index is 0.546. The lowest BCUT2D eigenvalue weighted by atomic mass is 9.81. The van der Waals surface area contributed by atoms with Gasteiger partial charge in [-0.3, -0.25) is 0 Å². The van der Waals surface area contributed by atoms with Crippen LogP contribution in [0.15, 0.2) is 0 Å². The fourth-order valence-electron chi connectivity index (χ4n) is 2.86. The van der Waals surface area contributed by atoms with E-state index in [4.69, 9.17) is 9.47 Å². The van der Waals surface area contributed by atoms with Gasteiger partial charge in [0.15, 0.2) is 0 Å². The van der Waals surface area contributed by atoms with E-state index in [0.717, 1.165) is 32.9 Å². The van der Waals surface area contributed by atoms with Crippen LogP contribution in [0.4, 0.5) is 0 Å². The summed E-state index contributed by atoms with van der Waals surface area (Å²) < 4.78 is 10.5. The Bertz CT molecular complexity index is 165. The Morgan fingerprint density at radius 1 is 1.18 bits per heavy atom. The summed E-state index contributed by atoms with van der Waals surface area (Å²) in [6, 6.07) is 0. The fourth-order valence-corrected chi connectivity index (χ4v) is 2.86. The molecule has 0 aromatic heterocycles. The molecule has 1 aliphatic rings. The van der Waals surface area contributed by atoms with Gasteiger partial charge in [-0.1, -0.05) is 12.8 Å². The van der Waals surface area contributed by atoms with Gasteiger partial charge in [0.2, 0.25) is 0 Å². The normalized spacial score (nSPS) is 18.7. The largest absolute Gasteiger partial charge is 0.383 e. The Labute approximate surface area is 106 Å². The zero-order chi connectivity index (χ0) is 12.4. The van der Waals surface area contributed by atoms with Crippen molar-refractivity contribution in [3.8, 4) is 0 Å². The molecule has 0 amide bonds. The number of rotatable bonds is 10. The van der Waals surface area contributed by atoms with Crippen LogP contribution in [0.5, 0.6) is 0 Å². The molecule has 1 aliphatic carbocycles. The smallest absolute Gasteiger partial charge is 0.0587 e. The van der Waals surface area contributed by atoms with Crippen molar-refractivity contribution in [2.24, 2.45) is 5.41 Å². The average Bonchev–Trinajstić information content (AvgIpc) is 2.80. The highest BCUT2D eigenvalue weighted by atomic mass is 16.5. The van der Waals surface area contributed by atoms with Crippen molar-refractivity contribution in [1.29, 1.82) is 0 Å². The predicted molar refractivity (Wildman–Crippen MR) is 71.4 cm³/mol. The molecular weight excluding hydrogens is 214 g/mol. The van der Waals surface area contributed by atoms with Crippen molar-refractivity contribution in [3.05, 3.63) is 0 Å². The molecule has 0 aromatic rings. The highest BCUT2D eigenvalue weighted by molar-refractivity contribution is 4.86. The van der Waals surface area contributed by atoms with E-state index >= 15 is 0 Å². The van der Waals surface area contributed by atoms with E-state index in [0.29, 0.717) is 5.41 Å². The van der Waals surface area contributed by atoms with Gasteiger partial charge in [0.05, 0.1) is 6.61 Å².